The van der Waals surface area contributed by atoms with E-state index in [2.05, 4.69) is 23.6 Å². The Labute approximate surface area is 226 Å². The van der Waals surface area contributed by atoms with Crippen molar-refractivity contribution in [2.24, 2.45) is 4.99 Å². The largest absolute Gasteiger partial charge is 0.380 e. The van der Waals surface area contributed by atoms with E-state index in [0.29, 0.717) is 29.8 Å². The molecule has 1 saturated heterocycles. The van der Waals surface area contributed by atoms with E-state index in [1.807, 2.05) is 79.7 Å². The monoisotopic (exact) mass is 529 g/mol. The molecule has 0 spiro atoms. The van der Waals surface area contributed by atoms with Crippen LogP contribution in [0.25, 0.3) is 17.0 Å². The number of ether oxygens (including phenoxy) is 1. The molecule has 0 aliphatic carbocycles. The summed E-state index contributed by atoms with van der Waals surface area (Å²) in [5.41, 5.74) is 5.26. The lowest BCUT2D eigenvalue weighted by atomic mass is 10.1. The molecule has 5 nitrogen and oxygen atoms in total. The average Bonchev–Trinajstić information content (AvgIpc) is 3.35. The van der Waals surface area contributed by atoms with Crippen LogP contribution in [0.5, 0.6) is 0 Å². The van der Waals surface area contributed by atoms with Crippen LogP contribution in [-0.4, -0.2) is 40.3 Å². The topological polar surface area (TPSA) is 46.8 Å². The SMILES string of the molecule is CCOCCN1C(=O)/C(=C/c2c(C)n(Cc3ccc(Cl)cc3)c3ccccc23)SC1=Nc1ccccc1. The number of rotatable bonds is 8. The van der Waals surface area contributed by atoms with Gasteiger partial charge in [-0.3, -0.25) is 9.69 Å². The van der Waals surface area contributed by atoms with Gasteiger partial charge in [-0.25, -0.2) is 4.99 Å². The summed E-state index contributed by atoms with van der Waals surface area (Å²) in [6.07, 6.45) is 2.02. The summed E-state index contributed by atoms with van der Waals surface area (Å²) in [4.78, 5) is 20.7. The lowest BCUT2D eigenvalue weighted by Crippen LogP contribution is -2.32. The predicted molar refractivity (Wildman–Crippen MR) is 155 cm³/mol. The van der Waals surface area contributed by atoms with Gasteiger partial charge in [0.2, 0.25) is 0 Å². The van der Waals surface area contributed by atoms with Crippen LogP contribution in [0.4, 0.5) is 5.69 Å². The molecular weight excluding hydrogens is 502 g/mol. The maximum absolute atomic E-state index is 13.6. The highest BCUT2D eigenvalue weighted by Gasteiger charge is 2.33. The van der Waals surface area contributed by atoms with E-state index in [0.717, 1.165) is 45.0 Å². The van der Waals surface area contributed by atoms with Crippen LogP contribution >= 0.6 is 23.4 Å². The number of amidine groups is 1. The number of carbonyl (C=O) groups excluding carboxylic acids is 1. The summed E-state index contributed by atoms with van der Waals surface area (Å²) in [6, 6.07) is 26.0. The fourth-order valence-electron chi connectivity index (χ4n) is 4.45. The van der Waals surface area contributed by atoms with Gasteiger partial charge in [0.25, 0.3) is 5.91 Å². The number of aliphatic imine (C=N–C) groups is 1. The molecule has 37 heavy (non-hydrogen) atoms. The molecule has 7 heteroatoms. The molecule has 0 radical (unpaired) electrons. The molecule has 1 amide bonds. The Morgan fingerprint density at radius 3 is 2.49 bits per heavy atom. The maximum Gasteiger partial charge on any atom is 0.266 e. The maximum atomic E-state index is 13.6. The zero-order valence-corrected chi connectivity index (χ0v) is 22.4. The highest BCUT2D eigenvalue weighted by molar-refractivity contribution is 8.18. The number of benzene rings is 3. The molecule has 0 N–H and O–H groups in total. The van der Waals surface area contributed by atoms with Gasteiger partial charge in [-0.1, -0.05) is 60.1 Å². The van der Waals surface area contributed by atoms with Crippen molar-refractivity contribution < 1.29 is 9.53 Å². The van der Waals surface area contributed by atoms with Gasteiger partial charge in [0.15, 0.2) is 5.17 Å². The van der Waals surface area contributed by atoms with Crippen molar-refractivity contribution in [2.45, 2.75) is 20.4 Å². The average molecular weight is 530 g/mol. The molecule has 5 rings (SSSR count). The van der Waals surface area contributed by atoms with E-state index < -0.39 is 0 Å². The predicted octanol–water partition coefficient (Wildman–Crippen LogP) is 7.29. The van der Waals surface area contributed by atoms with E-state index in [1.54, 1.807) is 4.90 Å². The summed E-state index contributed by atoms with van der Waals surface area (Å²) in [5.74, 6) is -0.0479. The van der Waals surface area contributed by atoms with Gasteiger partial charge in [-0.05, 0) is 67.6 Å². The molecule has 0 atom stereocenters. The van der Waals surface area contributed by atoms with Crippen LogP contribution in [-0.2, 0) is 16.1 Å². The van der Waals surface area contributed by atoms with E-state index in [9.17, 15) is 4.79 Å². The lowest BCUT2D eigenvalue weighted by Gasteiger charge is -2.15. The number of para-hydroxylation sites is 2. The third-order valence-electron chi connectivity index (χ3n) is 6.34. The lowest BCUT2D eigenvalue weighted by molar-refractivity contribution is -0.122. The van der Waals surface area contributed by atoms with Crippen molar-refractivity contribution in [1.29, 1.82) is 0 Å². The minimum Gasteiger partial charge on any atom is -0.380 e. The summed E-state index contributed by atoms with van der Waals surface area (Å²) < 4.78 is 7.84. The first kappa shape index (κ1) is 25.3. The number of halogens is 1. The van der Waals surface area contributed by atoms with Gasteiger partial charge >= 0.3 is 0 Å². The van der Waals surface area contributed by atoms with Crippen LogP contribution in [0.3, 0.4) is 0 Å². The van der Waals surface area contributed by atoms with Gasteiger partial charge < -0.3 is 9.30 Å². The van der Waals surface area contributed by atoms with Gasteiger partial charge in [-0.15, -0.1) is 0 Å². The van der Waals surface area contributed by atoms with Crippen LogP contribution in [0.15, 0.2) is 88.8 Å². The van der Waals surface area contributed by atoms with Crippen molar-refractivity contribution >= 4 is 57.1 Å². The van der Waals surface area contributed by atoms with Crippen LogP contribution in [0.1, 0.15) is 23.7 Å². The fourth-order valence-corrected chi connectivity index (χ4v) is 5.58. The molecule has 1 aliphatic rings. The summed E-state index contributed by atoms with van der Waals surface area (Å²) in [7, 11) is 0. The Hall–Kier alpha value is -3.32. The first-order chi connectivity index (χ1) is 18.0. The first-order valence-electron chi connectivity index (χ1n) is 12.3. The number of fused-ring (bicyclic) bond motifs is 1. The summed E-state index contributed by atoms with van der Waals surface area (Å²) in [5, 5.41) is 2.51. The molecule has 0 unspecified atom stereocenters. The van der Waals surface area contributed by atoms with Gasteiger partial charge in [-0.2, -0.15) is 0 Å². The Bertz CT molecular complexity index is 1480. The van der Waals surface area contributed by atoms with Crippen molar-refractivity contribution in [3.8, 4) is 0 Å². The minimum atomic E-state index is -0.0479. The van der Waals surface area contributed by atoms with Crippen molar-refractivity contribution in [1.82, 2.24) is 9.47 Å². The Morgan fingerprint density at radius 2 is 1.73 bits per heavy atom. The molecule has 3 aromatic carbocycles. The standard InChI is InChI=1S/C30H28ClN3O2S/c1-3-36-18-17-33-29(35)28(37-30(33)32-24-9-5-4-6-10-24)19-26-21(2)34(27-12-8-7-11-25(26)27)20-22-13-15-23(31)16-14-22/h4-16,19H,3,17-18,20H2,1-2H3/b28-19-,32-30?. The Morgan fingerprint density at radius 1 is 1.00 bits per heavy atom. The molecule has 1 aromatic heterocycles. The Balaban J connectivity index is 1.54. The second kappa shape index (κ2) is 11.4. The zero-order chi connectivity index (χ0) is 25.8. The van der Waals surface area contributed by atoms with Crippen LogP contribution < -0.4 is 0 Å². The normalized spacial score (nSPS) is 16.0. The second-order valence-corrected chi connectivity index (χ2v) is 10.2. The third-order valence-corrected chi connectivity index (χ3v) is 7.60. The molecule has 1 aliphatic heterocycles. The van der Waals surface area contributed by atoms with Crippen molar-refractivity contribution in [3.05, 3.63) is 106 Å². The molecule has 2 heterocycles. The Kier molecular flexibility index (Phi) is 7.79. The summed E-state index contributed by atoms with van der Waals surface area (Å²) >= 11 is 7.51. The van der Waals surface area contributed by atoms with E-state index in [4.69, 9.17) is 21.3 Å². The second-order valence-electron chi connectivity index (χ2n) is 8.72. The number of carbonyl (C=O) groups is 1. The number of hydrogen-bond acceptors (Lipinski definition) is 4. The molecule has 188 valence electrons. The fraction of sp³-hybridized carbons (Fsp3) is 0.200. The van der Waals surface area contributed by atoms with Gasteiger partial charge in [0, 0.05) is 40.3 Å². The van der Waals surface area contributed by atoms with Crippen LogP contribution in [0.2, 0.25) is 5.02 Å². The zero-order valence-electron chi connectivity index (χ0n) is 20.9. The summed E-state index contributed by atoms with van der Waals surface area (Å²) in [6.45, 7) is 6.30. The van der Waals surface area contributed by atoms with Crippen molar-refractivity contribution in [2.75, 3.05) is 19.8 Å². The van der Waals surface area contributed by atoms with Crippen LogP contribution in [0, 0.1) is 6.92 Å². The smallest absolute Gasteiger partial charge is 0.266 e. The van der Waals surface area contributed by atoms with Crippen molar-refractivity contribution in [3.63, 3.8) is 0 Å². The van der Waals surface area contributed by atoms with E-state index in [1.165, 1.54) is 11.8 Å². The third kappa shape index (κ3) is 5.52. The quantitative estimate of drug-likeness (QED) is 0.178. The van der Waals surface area contributed by atoms with E-state index >= 15 is 0 Å². The highest BCUT2D eigenvalue weighted by atomic mass is 35.5. The number of amides is 1. The van der Waals surface area contributed by atoms with Gasteiger partial charge in [0.05, 0.1) is 23.7 Å². The first-order valence-corrected chi connectivity index (χ1v) is 13.5. The minimum absolute atomic E-state index is 0.0479. The molecular formula is C30H28ClN3O2S. The molecule has 4 aromatic rings. The van der Waals surface area contributed by atoms with E-state index in [-0.39, 0.29) is 5.91 Å². The number of aromatic nitrogens is 1. The number of thioether (sulfide) groups is 1. The van der Waals surface area contributed by atoms with Gasteiger partial charge in [0.1, 0.15) is 0 Å². The molecule has 1 fully saturated rings. The number of hydrogen-bond donors (Lipinski definition) is 0. The number of nitrogens with zero attached hydrogens (tertiary/aromatic N) is 3. The highest BCUT2D eigenvalue weighted by Crippen LogP contribution is 2.37. The molecule has 0 bridgehead atoms. The molecule has 0 saturated carbocycles.